The minimum absolute atomic E-state index is 0.0850. The maximum atomic E-state index is 9.48. The molecule has 5 heteroatoms. The van der Waals surface area contributed by atoms with Crippen molar-refractivity contribution in [2.45, 2.75) is 59.0 Å². The summed E-state index contributed by atoms with van der Waals surface area (Å²) in [6.45, 7) is 14.2. The molecule has 0 aliphatic carbocycles. The Morgan fingerprint density at radius 2 is 1.70 bits per heavy atom. The van der Waals surface area contributed by atoms with Gasteiger partial charge >= 0.3 is 0 Å². The Labute approximate surface area is 151 Å². The Morgan fingerprint density at radius 1 is 1.15 bits per heavy atom. The van der Waals surface area contributed by atoms with E-state index < -0.39 is 8.32 Å². The Morgan fingerprint density at radius 3 is 2.15 bits per heavy atom. The molecule has 0 aliphatic heterocycles. The smallest absolute Gasteiger partial charge is 0.192 e. The third-order valence-corrected chi connectivity index (χ3v) is 12.3. The van der Waals surface area contributed by atoms with Gasteiger partial charge in [-0.1, -0.05) is 20.8 Å². The van der Waals surface area contributed by atoms with Crippen LogP contribution in [0, 0.1) is 14.1 Å². The summed E-state index contributed by atoms with van der Waals surface area (Å²) in [7, 11) is -1.74. The lowest BCUT2D eigenvalue weighted by Gasteiger charge is -2.36. The number of benzene rings is 1. The zero-order valence-electron chi connectivity index (χ0n) is 13.1. The van der Waals surface area contributed by atoms with E-state index in [2.05, 4.69) is 92.0 Å². The molecule has 0 radical (unpaired) electrons. The maximum Gasteiger partial charge on any atom is 0.192 e. The molecule has 0 heterocycles. The van der Waals surface area contributed by atoms with Crippen molar-refractivity contribution in [3.05, 3.63) is 29.9 Å². The van der Waals surface area contributed by atoms with E-state index in [9.17, 15) is 5.11 Å². The Kier molecular flexibility index (Phi) is 6.54. The highest BCUT2D eigenvalue weighted by Crippen LogP contribution is 2.37. The molecule has 0 saturated carbocycles. The summed E-state index contributed by atoms with van der Waals surface area (Å²) in [4.78, 5) is 0. The molecule has 0 bridgehead atoms. The maximum absolute atomic E-state index is 9.48. The predicted octanol–water partition coefficient (Wildman–Crippen LogP) is 5.22. The summed E-state index contributed by atoms with van der Waals surface area (Å²) in [6, 6.07) is 2.09. The highest BCUT2D eigenvalue weighted by Gasteiger charge is 2.37. The molecule has 0 aliphatic rings. The van der Waals surface area contributed by atoms with Crippen LogP contribution in [0.5, 0.6) is 0 Å². The second kappa shape index (κ2) is 6.93. The van der Waals surface area contributed by atoms with E-state index in [1.165, 1.54) is 14.7 Å². The lowest BCUT2D eigenvalue weighted by atomic mass is 10.1. The average molecular weight is 518 g/mol. The molecule has 0 fully saturated rings. The summed E-state index contributed by atoms with van der Waals surface area (Å²) >= 11 is 4.66. The Hall–Kier alpha value is 0.817. The van der Waals surface area contributed by atoms with Crippen molar-refractivity contribution in [3.8, 4) is 0 Å². The predicted molar refractivity (Wildman–Crippen MR) is 105 cm³/mol. The molecule has 0 saturated heterocycles. The summed E-state index contributed by atoms with van der Waals surface area (Å²) in [6.07, 6.45) is 0. The summed E-state index contributed by atoms with van der Waals surface area (Å²) in [5.74, 6) is 0. The molecule has 0 unspecified atom stereocenters. The zero-order valence-corrected chi connectivity index (χ0v) is 18.4. The molecule has 0 amide bonds. The first-order valence-electron chi connectivity index (χ1n) is 6.72. The van der Waals surface area contributed by atoms with Crippen LogP contribution in [0.2, 0.25) is 18.1 Å². The van der Waals surface area contributed by atoms with Crippen LogP contribution in [0.25, 0.3) is 0 Å². The van der Waals surface area contributed by atoms with Crippen molar-refractivity contribution in [2.75, 3.05) is 0 Å². The van der Waals surface area contributed by atoms with Gasteiger partial charge < -0.3 is 9.53 Å². The molecular weight excluding hydrogens is 494 g/mol. The van der Waals surface area contributed by atoms with Gasteiger partial charge in [0.2, 0.25) is 0 Å². The fourth-order valence-corrected chi connectivity index (χ4v) is 3.94. The van der Waals surface area contributed by atoms with Crippen molar-refractivity contribution in [3.63, 3.8) is 0 Å². The molecule has 1 aromatic carbocycles. The van der Waals surface area contributed by atoms with Crippen molar-refractivity contribution < 1.29 is 9.53 Å². The van der Waals surface area contributed by atoms with Gasteiger partial charge in [-0.15, -0.1) is 0 Å². The lowest BCUT2D eigenvalue weighted by molar-refractivity contribution is 0.271. The fraction of sp³-hybridized carbons (Fsp3) is 0.600. The fourth-order valence-electron chi connectivity index (χ4n) is 1.57. The number of halogens is 2. The first-order chi connectivity index (χ1) is 9.01. The van der Waals surface area contributed by atoms with Crippen molar-refractivity contribution >= 4 is 53.5 Å². The van der Waals surface area contributed by atoms with E-state index in [0.717, 1.165) is 9.13 Å². The normalized spacial score (nSPS) is 12.8. The van der Waals surface area contributed by atoms with Gasteiger partial charge in [-0.3, -0.25) is 0 Å². The van der Waals surface area contributed by atoms with E-state index in [1.807, 2.05) is 0 Å². The largest absolute Gasteiger partial charge is 0.413 e. The van der Waals surface area contributed by atoms with Gasteiger partial charge in [-0.2, -0.15) is 0 Å². The number of aliphatic hydroxyl groups is 1. The summed E-state index contributed by atoms with van der Waals surface area (Å²) in [5, 5.41) is 9.69. The quantitative estimate of drug-likeness (QED) is 0.438. The number of aliphatic hydroxyl groups excluding tert-OH is 1. The second-order valence-corrected chi connectivity index (χ2v) is 13.6. The van der Waals surface area contributed by atoms with Gasteiger partial charge in [0, 0.05) is 7.14 Å². The van der Waals surface area contributed by atoms with Crippen LogP contribution in [0.3, 0.4) is 0 Å². The zero-order chi connectivity index (χ0) is 15.7. The van der Waals surface area contributed by atoms with E-state index in [1.54, 1.807) is 0 Å². The average Bonchev–Trinajstić information content (AvgIpc) is 2.34. The second-order valence-electron chi connectivity index (χ2n) is 6.65. The van der Waals surface area contributed by atoms with E-state index in [0.29, 0.717) is 6.61 Å². The molecule has 1 N–H and O–H groups in total. The summed E-state index contributed by atoms with van der Waals surface area (Å²) < 4.78 is 8.68. The topological polar surface area (TPSA) is 29.5 Å². The van der Waals surface area contributed by atoms with Crippen molar-refractivity contribution in [1.29, 1.82) is 0 Å². The third-order valence-electron chi connectivity index (χ3n) is 4.20. The van der Waals surface area contributed by atoms with Crippen LogP contribution < -0.4 is 0 Å². The van der Waals surface area contributed by atoms with Gasteiger partial charge in [0.15, 0.2) is 8.32 Å². The number of rotatable bonds is 4. The highest BCUT2D eigenvalue weighted by molar-refractivity contribution is 14.1. The molecule has 2 nitrogen and oxygen atoms in total. The minimum atomic E-state index is -1.74. The molecule has 1 aromatic rings. The molecule has 1 rings (SSSR count). The SMILES string of the molecule is Cc1c(CO[Si](C)(C)C(C)(C)C)cc(CO)c(I)c1I. The van der Waals surface area contributed by atoms with E-state index >= 15 is 0 Å². The monoisotopic (exact) mass is 518 g/mol. The first kappa shape index (κ1) is 18.9. The van der Waals surface area contributed by atoms with Crippen molar-refractivity contribution in [2.24, 2.45) is 0 Å². The molecule has 20 heavy (non-hydrogen) atoms. The van der Waals surface area contributed by atoms with Gasteiger partial charge in [-0.25, -0.2) is 0 Å². The number of hydrogen-bond acceptors (Lipinski definition) is 2. The number of hydrogen-bond donors (Lipinski definition) is 1. The first-order valence-corrected chi connectivity index (χ1v) is 11.8. The molecule has 0 aromatic heterocycles. The van der Waals surface area contributed by atoms with Gasteiger partial charge in [0.25, 0.3) is 0 Å². The van der Waals surface area contributed by atoms with Crippen LogP contribution in [-0.2, 0) is 17.6 Å². The molecular formula is C15H24I2O2Si. The van der Waals surface area contributed by atoms with Gasteiger partial charge in [0.05, 0.1) is 13.2 Å². The van der Waals surface area contributed by atoms with E-state index in [-0.39, 0.29) is 11.6 Å². The van der Waals surface area contributed by atoms with Gasteiger partial charge in [0.1, 0.15) is 0 Å². The standard InChI is InChI=1S/C15H24I2O2Si/c1-10-12(7-11(8-18)14(17)13(10)16)9-19-20(5,6)15(2,3)4/h7,18H,8-9H2,1-6H3. The lowest BCUT2D eigenvalue weighted by Crippen LogP contribution is -2.40. The van der Waals surface area contributed by atoms with Crippen LogP contribution in [0.4, 0.5) is 0 Å². The minimum Gasteiger partial charge on any atom is -0.413 e. The molecule has 0 atom stereocenters. The highest BCUT2D eigenvalue weighted by atomic mass is 127. The van der Waals surface area contributed by atoms with Gasteiger partial charge in [-0.05, 0) is 93.0 Å². The van der Waals surface area contributed by atoms with Crippen LogP contribution in [0.15, 0.2) is 6.07 Å². The molecule has 0 spiro atoms. The van der Waals surface area contributed by atoms with Crippen molar-refractivity contribution in [1.82, 2.24) is 0 Å². The Balaban J connectivity index is 3.03. The summed E-state index contributed by atoms with van der Waals surface area (Å²) in [5.41, 5.74) is 3.46. The van der Waals surface area contributed by atoms with Crippen LogP contribution >= 0.6 is 45.2 Å². The Bertz CT molecular complexity index is 494. The van der Waals surface area contributed by atoms with Crippen LogP contribution in [-0.4, -0.2) is 13.4 Å². The van der Waals surface area contributed by atoms with Crippen LogP contribution in [0.1, 0.15) is 37.5 Å². The third kappa shape index (κ3) is 4.18. The van der Waals surface area contributed by atoms with E-state index in [4.69, 9.17) is 4.43 Å². The molecule has 114 valence electrons.